The molecule has 2 aliphatic rings. The molecule has 1 aromatic rings. The molecule has 0 aliphatic carbocycles. The summed E-state index contributed by atoms with van der Waals surface area (Å²) in [6, 6.07) is 6.27. The summed E-state index contributed by atoms with van der Waals surface area (Å²) in [5.74, 6) is 3.83. The number of rotatable bonds is 4. The molecule has 4 heteroatoms. The lowest BCUT2D eigenvalue weighted by molar-refractivity contribution is 0.171. The number of ether oxygens (including phenoxy) is 2. The second-order valence-corrected chi connectivity index (χ2v) is 6.32. The predicted octanol–water partition coefficient (Wildman–Crippen LogP) is 2.94. The molecule has 1 N–H and O–H groups in total. The van der Waals surface area contributed by atoms with Gasteiger partial charge in [0.25, 0.3) is 0 Å². The molecule has 1 aromatic carbocycles. The van der Waals surface area contributed by atoms with Crippen LogP contribution in [0.2, 0.25) is 0 Å². The van der Waals surface area contributed by atoms with Crippen molar-refractivity contribution in [3.05, 3.63) is 18.2 Å². The molecule has 0 radical (unpaired) electrons. The number of hydrogen-bond donors (Lipinski definition) is 1. The quantitative estimate of drug-likeness (QED) is 0.859. The Bertz CT molecular complexity index is 419. The monoisotopic (exact) mass is 279 g/mol. The molecule has 0 aromatic heterocycles. The molecule has 0 saturated carbocycles. The third kappa shape index (κ3) is 3.57. The first-order valence-electron chi connectivity index (χ1n) is 7.15. The fraction of sp³-hybridized carbons (Fsp3) is 0.600. The van der Waals surface area contributed by atoms with Crippen LogP contribution in [-0.2, 0) is 0 Å². The summed E-state index contributed by atoms with van der Waals surface area (Å²) in [4.78, 5) is 1.29. The van der Waals surface area contributed by atoms with E-state index < -0.39 is 0 Å². The van der Waals surface area contributed by atoms with Gasteiger partial charge in [-0.15, -0.1) is 11.8 Å². The Kier molecular flexibility index (Phi) is 4.51. The van der Waals surface area contributed by atoms with Crippen LogP contribution in [0.15, 0.2) is 23.1 Å². The van der Waals surface area contributed by atoms with E-state index in [1.54, 1.807) is 0 Å². The van der Waals surface area contributed by atoms with Gasteiger partial charge in [0.15, 0.2) is 11.5 Å². The van der Waals surface area contributed by atoms with Crippen molar-refractivity contribution < 1.29 is 9.47 Å². The topological polar surface area (TPSA) is 30.5 Å². The summed E-state index contributed by atoms with van der Waals surface area (Å²) in [6.45, 7) is 3.72. The maximum atomic E-state index is 5.61. The van der Waals surface area contributed by atoms with Gasteiger partial charge in [-0.2, -0.15) is 0 Å². The summed E-state index contributed by atoms with van der Waals surface area (Å²) in [6.07, 6.45) is 4.01. The van der Waals surface area contributed by atoms with Gasteiger partial charge < -0.3 is 14.8 Å². The molecule has 0 bridgehead atoms. The maximum absolute atomic E-state index is 5.61. The van der Waals surface area contributed by atoms with Crippen LogP contribution in [0.5, 0.6) is 11.5 Å². The molecule has 3 nitrogen and oxygen atoms in total. The molecule has 2 aliphatic heterocycles. The van der Waals surface area contributed by atoms with Crippen LogP contribution >= 0.6 is 11.8 Å². The number of fused-ring (bicyclic) bond motifs is 1. The van der Waals surface area contributed by atoms with Crippen LogP contribution in [0.1, 0.15) is 19.3 Å². The molecule has 1 atom stereocenters. The van der Waals surface area contributed by atoms with Crippen LogP contribution in [0.3, 0.4) is 0 Å². The van der Waals surface area contributed by atoms with Gasteiger partial charge in [0, 0.05) is 4.90 Å². The second kappa shape index (κ2) is 6.53. The lowest BCUT2D eigenvalue weighted by Crippen LogP contribution is -2.29. The predicted molar refractivity (Wildman–Crippen MR) is 78.4 cm³/mol. The summed E-state index contributed by atoms with van der Waals surface area (Å²) >= 11 is 1.92. The third-order valence-electron chi connectivity index (χ3n) is 3.71. The van der Waals surface area contributed by atoms with E-state index in [0.717, 1.165) is 17.4 Å². The number of thioether (sulfide) groups is 1. The van der Waals surface area contributed by atoms with Gasteiger partial charge >= 0.3 is 0 Å². The summed E-state index contributed by atoms with van der Waals surface area (Å²) in [5.41, 5.74) is 0. The van der Waals surface area contributed by atoms with Crippen molar-refractivity contribution in [3.8, 4) is 11.5 Å². The average Bonchev–Trinajstić information content (AvgIpc) is 2.48. The van der Waals surface area contributed by atoms with E-state index in [4.69, 9.17) is 9.47 Å². The van der Waals surface area contributed by atoms with E-state index in [2.05, 4.69) is 17.4 Å². The Morgan fingerprint density at radius 2 is 2.11 bits per heavy atom. The Labute approximate surface area is 119 Å². The Balaban J connectivity index is 1.49. The fourth-order valence-corrected chi connectivity index (χ4v) is 3.67. The molecule has 1 unspecified atom stereocenters. The van der Waals surface area contributed by atoms with Crippen LogP contribution in [-0.4, -0.2) is 32.1 Å². The third-order valence-corrected chi connectivity index (χ3v) is 4.73. The lowest BCUT2D eigenvalue weighted by Gasteiger charge is -2.22. The second-order valence-electron chi connectivity index (χ2n) is 5.15. The first-order chi connectivity index (χ1) is 9.42. The van der Waals surface area contributed by atoms with E-state index in [1.165, 1.54) is 43.0 Å². The molecule has 19 heavy (non-hydrogen) atoms. The molecule has 104 valence electrons. The van der Waals surface area contributed by atoms with Crippen molar-refractivity contribution in [1.82, 2.24) is 5.32 Å². The van der Waals surface area contributed by atoms with Gasteiger partial charge in [-0.05, 0) is 62.2 Å². The standard InChI is InChI=1S/C15H21NO2S/c1-2-12(11-16-6-1)5-9-19-13-3-4-14-15(10-13)18-8-7-17-14/h3-4,10,12,16H,1-2,5-9,11H2. The highest BCUT2D eigenvalue weighted by Crippen LogP contribution is 2.34. The minimum Gasteiger partial charge on any atom is -0.486 e. The Hall–Kier alpha value is -0.870. The number of benzene rings is 1. The van der Waals surface area contributed by atoms with Crippen molar-refractivity contribution in [3.63, 3.8) is 0 Å². The van der Waals surface area contributed by atoms with Crippen molar-refractivity contribution in [2.24, 2.45) is 5.92 Å². The largest absolute Gasteiger partial charge is 0.486 e. The van der Waals surface area contributed by atoms with E-state index >= 15 is 0 Å². The molecule has 0 amide bonds. The zero-order valence-corrected chi connectivity index (χ0v) is 12.0. The first-order valence-corrected chi connectivity index (χ1v) is 8.13. The highest BCUT2D eigenvalue weighted by molar-refractivity contribution is 7.99. The molecule has 1 fully saturated rings. The number of hydrogen-bond acceptors (Lipinski definition) is 4. The smallest absolute Gasteiger partial charge is 0.162 e. The molecule has 1 saturated heterocycles. The van der Waals surface area contributed by atoms with E-state index in [0.29, 0.717) is 13.2 Å². The van der Waals surface area contributed by atoms with Gasteiger partial charge in [-0.25, -0.2) is 0 Å². The van der Waals surface area contributed by atoms with Gasteiger partial charge in [0.05, 0.1) is 0 Å². The SMILES string of the molecule is c1cc2c(cc1SCCC1CCCNC1)OCCO2. The normalized spacial score (nSPS) is 22.2. The highest BCUT2D eigenvalue weighted by atomic mass is 32.2. The van der Waals surface area contributed by atoms with E-state index in [-0.39, 0.29) is 0 Å². The zero-order chi connectivity index (χ0) is 12.9. The zero-order valence-electron chi connectivity index (χ0n) is 11.2. The van der Waals surface area contributed by atoms with E-state index in [1.807, 2.05) is 17.8 Å². The fourth-order valence-electron chi connectivity index (χ4n) is 2.63. The van der Waals surface area contributed by atoms with Crippen molar-refractivity contribution >= 4 is 11.8 Å². The van der Waals surface area contributed by atoms with Gasteiger partial charge in [-0.1, -0.05) is 0 Å². The maximum Gasteiger partial charge on any atom is 0.162 e. The minimum atomic E-state index is 0.661. The molecule has 3 rings (SSSR count). The minimum absolute atomic E-state index is 0.661. The molecular weight excluding hydrogens is 258 g/mol. The molecule has 2 heterocycles. The Morgan fingerprint density at radius 3 is 2.95 bits per heavy atom. The van der Waals surface area contributed by atoms with Gasteiger partial charge in [-0.3, -0.25) is 0 Å². The summed E-state index contributed by atoms with van der Waals surface area (Å²) < 4.78 is 11.1. The lowest BCUT2D eigenvalue weighted by atomic mass is 9.97. The van der Waals surface area contributed by atoms with Crippen LogP contribution in [0.4, 0.5) is 0 Å². The number of nitrogens with one attached hydrogen (secondary N) is 1. The van der Waals surface area contributed by atoms with Gasteiger partial charge in [0.1, 0.15) is 13.2 Å². The summed E-state index contributed by atoms with van der Waals surface area (Å²) in [5, 5.41) is 3.48. The van der Waals surface area contributed by atoms with Gasteiger partial charge in [0.2, 0.25) is 0 Å². The molecule has 0 spiro atoms. The highest BCUT2D eigenvalue weighted by Gasteiger charge is 2.14. The van der Waals surface area contributed by atoms with Crippen LogP contribution < -0.4 is 14.8 Å². The average molecular weight is 279 g/mol. The Morgan fingerprint density at radius 1 is 1.21 bits per heavy atom. The van der Waals surface area contributed by atoms with Crippen molar-refractivity contribution in [1.29, 1.82) is 0 Å². The van der Waals surface area contributed by atoms with Crippen molar-refractivity contribution in [2.75, 3.05) is 32.1 Å². The van der Waals surface area contributed by atoms with E-state index in [9.17, 15) is 0 Å². The summed E-state index contributed by atoms with van der Waals surface area (Å²) in [7, 11) is 0. The van der Waals surface area contributed by atoms with Crippen LogP contribution in [0, 0.1) is 5.92 Å². The number of piperidine rings is 1. The van der Waals surface area contributed by atoms with Crippen LogP contribution in [0.25, 0.3) is 0 Å². The van der Waals surface area contributed by atoms with Crippen molar-refractivity contribution in [2.45, 2.75) is 24.2 Å². The molecular formula is C15H21NO2S. The first kappa shape index (κ1) is 13.1.